The van der Waals surface area contributed by atoms with Crippen LogP contribution in [0.25, 0.3) is 0 Å². The van der Waals surface area contributed by atoms with Gasteiger partial charge in [0.2, 0.25) is 0 Å². The molecule has 0 radical (unpaired) electrons. The summed E-state index contributed by atoms with van der Waals surface area (Å²) in [4.78, 5) is 10.2. The van der Waals surface area contributed by atoms with Crippen molar-refractivity contribution in [2.45, 2.75) is 18.9 Å². The van der Waals surface area contributed by atoms with Gasteiger partial charge in [0.05, 0.1) is 150 Å². The van der Waals surface area contributed by atoms with Crippen molar-refractivity contribution in [3.05, 3.63) is 34.4 Å². The first-order valence-electron chi connectivity index (χ1n) is 17.2. The van der Waals surface area contributed by atoms with Crippen LogP contribution in [0.5, 0.6) is 5.75 Å². The van der Waals surface area contributed by atoms with Gasteiger partial charge in [0.1, 0.15) is 12.4 Å². The van der Waals surface area contributed by atoms with Crippen molar-refractivity contribution in [2.24, 2.45) is 0 Å². The summed E-state index contributed by atoms with van der Waals surface area (Å²) in [5, 5.41) is 14.0. The topological polar surface area (TPSA) is 166 Å². The monoisotopic (exact) mass is 706 g/mol. The molecular weight excluding hydrogens is 648 g/mol. The Morgan fingerprint density at radius 2 is 0.796 bits per heavy atom. The Labute approximate surface area is 290 Å². The first kappa shape index (κ1) is 43.1. The Bertz CT molecular complexity index is 864. The summed E-state index contributed by atoms with van der Waals surface area (Å²) in [5.41, 5.74) is 0.0261. The number of non-ortho nitro benzene ring substituents is 1. The van der Waals surface area contributed by atoms with Crippen LogP contribution in [0.3, 0.4) is 0 Å². The number of nitrogens with one attached hydrogen (secondary N) is 1. The van der Waals surface area contributed by atoms with E-state index >= 15 is 0 Å². The number of hydrogen-bond acceptors (Lipinski definition) is 15. The van der Waals surface area contributed by atoms with Crippen LogP contribution in [0, 0.1) is 10.1 Å². The highest BCUT2D eigenvalue weighted by molar-refractivity contribution is 5.35. The van der Waals surface area contributed by atoms with Gasteiger partial charge in [-0.15, -0.1) is 0 Å². The standard InChI is InChI=1S/C33H58N2O14/c36-35(37)31-1-3-32(4-2-31)48-29-27-46-25-23-44-21-19-42-17-15-40-13-11-38-9-10-39-12-14-41-16-18-43-20-22-45-24-26-47-28-30-49-33-5-7-34-8-6-33/h1-4,33-34H,5-30H2. The second kappa shape index (κ2) is 33.1. The predicted molar refractivity (Wildman–Crippen MR) is 179 cm³/mol. The van der Waals surface area contributed by atoms with Crippen LogP contribution in [-0.2, 0) is 52.1 Å². The maximum Gasteiger partial charge on any atom is 0.269 e. The van der Waals surface area contributed by atoms with Crippen molar-refractivity contribution < 1.29 is 61.8 Å². The normalized spacial score (nSPS) is 13.6. The van der Waals surface area contributed by atoms with E-state index in [0.717, 1.165) is 25.9 Å². The molecule has 1 saturated heterocycles. The minimum Gasteiger partial charge on any atom is -0.491 e. The molecule has 1 N–H and O–H groups in total. The minimum atomic E-state index is -0.451. The zero-order valence-corrected chi connectivity index (χ0v) is 28.9. The number of nitro benzene ring substituents is 1. The Morgan fingerprint density at radius 1 is 0.490 bits per heavy atom. The van der Waals surface area contributed by atoms with Gasteiger partial charge in [-0.25, -0.2) is 0 Å². The maximum absolute atomic E-state index is 10.6. The van der Waals surface area contributed by atoms with Gasteiger partial charge in [-0.05, 0) is 38.1 Å². The molecule has 0 amide bonds. The molecule has 0 bridgehead atoms. The molecule has 0 atom stereocenters. The summed E-state index contributed by atoms with van der Waals surface area (Å²) in [6, 6.07) is 5.91. The first-order valence-corrected chi connectivity index (χ1v) is 17.2. The highest BCUT2D eigenvalue weighted by atomic mass is 16.6. The fraction of sp³-hybridized carbons (Fsp3) is 0.818. The van der Waals surface area contributed by atoms with E-state index in [1.165, 1.54) is 12.1 Å². The molecule has 2 rings (SSSR count). The van der Waals surface area contributed by atoms with Crippen molar-refractivity contribution in [2.75, 3.05) is 158 Å². The Morgan fingerprint density at radius 3 is 1.12 bits per heavy atom. The fourth-order valence-corrected chi connectivity index (χ4v) is 4.20. The summed E-state index contributed by atoms with van der Waals surface area (Å²) >= 11 is 0. The average Bonchev–Trinajstić information content (AvgIpc) is 3.12. The van der Waals surface area contributed by atoms with Crippen LogP contribution in [0.4, 0.5) is 5.69 Å². The number of hydrogen-bond donors (Lipinski definition) is 1. The lowest BCUT2D eigenvalue weighted by molar-refractivity contribution is -0.384. The molecule has 0 saturated carbocycles. The number of rotatable bonds is 36. The van der Waals surface area contributed by atoms with E-state index in [1.54, 1.807) is 12.1 Å². The van der Waals surface area contributed by atoms with Crippen LogP contribution >= 0.6 is 0 Å². The van der Waals surface area contributed by atoms with Crippen LogP contribution in [0.15, 0.2) is 24.3 Å². The SMILES string of the molecule is O=[N+]([O-])c1ccc(OCCOCCOCCOCCOCCOCCOCCOCCOCCOCCOCCOC2CCNCC2)cc1. The third-order valence-corrected chi connectivity index (χ3v) is 6.76. The molecule has 16 nitrogen and oxygen atoms in total. The second-order valence-corrected chi connectivity index (χ2v) is 10.5. The Kier molecular flexibility index (Phi) is 29.1. The van der Waals surface area contributed by atoms with Crippen LogP contribution in [0.1, 0.15) is 12.8 Å². The lowest BCUT2D eigenvalue weighted by Gasteiger charge is -2.22. The molecule has 0 aliphatic carbocycles. The summed E-state index contributed by atoms with van der Waals surface area (Å²) < 4.78 is 66.0. The van der Waals surface area contributed by atoms with E-state index in [4.69, 9.17) is 56.8 Å². The summed E-state index contributed by atoms with van der Waals surface area (Å²) in [6.07, 6.45) is 2.51. The average molecular weight is 707 g/mol. The number of ether oxygens (including phenoxy) is 12. The van der Waals surface area contributed by atoms with E-state index in [0.29, 0.717) is 157 Å². The number of nitrogens with zero attached hydrogens (tertiary/aromatic N) is 1. The number of piperidine rings is 1. The molecule has 0 aromatic heterocycles. The smallest absolute Gasteiger partial charge is 0.269 e. The van der Waals surface area contributed by atoms with Gasteiger partial charge in [-0.1, -0.05) is 0 Å². The lowest BCUT2D eigenvalue weighted by Crippen LogP contribution is -2.33. The largest absolute Gasteiger partial charge is 0.491 e. The van der Waals surface area contributed by atoms with Gasteiger partial charge in [0.25, 0.3) is 5.69 Å². The van der Waals surface area contributed by atoms with Crippen LogP contribution < -0.4 is 10.1 Å². The molecule has 1 fully saturated rings. The molecule has 1 aliphatic heterocycles. The van der Waals surface area contributed by atoms with Crippen molar-refractivity contribution in [3.8, 4) is 5.75 Å². The quantitative estimate of drug-likeness (QED) is 0.0611. The van der Waals surface area contributed by atoms with Gasteiger partial charge in [-0.3, -0.25) is 10.1 Å². The summed E-state index contributed by atoms with van der Waals surface area (Å²) in [6.45, 7) is 13.0. The van der Waals surface area contributed by atoms with Gasteiger partial charge >= 0.3 is 0 Å². The molecule has 1 aromatic rings. The molecule has 0 spiro atoms. The van der Waals surface area contributed by atoms with Crippen molar-refractivity contribution in [3.63, 3.8) is 0 Å². The minimum absolute atomic E-state index is 0.0261. The third-order valence-electron chi connectivity index (χ3n) is 6.76. The van der Waals surface area contributed by atoms with Crippen molar-refractivity contribution in [1.29, 1.82) is 0 Å². The van der Waals surface area contributed by atoms with Gasteiger partial charge in [0.15, 0.2) is 0 Å². The second-order valence-electron chi connectivity index (χ2n) is 10.5. The van der Waals surface area contributed by atoms with Gasteiger partial charge < -0.3 is 62.2 Å². The van der Waals surface area contributed by atoms with Gasteiger partial charge in [-0.2, -0.15) is 0 Å². The van der Waals surface area contributed by atoms with Crippen molar-refractivity contribution >= 4 is 5.69 Å². The third kappa shape index (κ3) is 27.4. The van der Waals surface area contributed by atoms with E-state index in [-0.39, 0.29) is 5.69 Å². The zero-order valence-electron chi connectivity index (χ0n) is 28.9. The van der Waals surface area contributed by atoms with Crippen LogP contribution in [-0.4, -0.2) is 169 Å². The molecule has 0 unspecified atom stereocenters. The highest BCUT2D eigenvalue weighted by Gasteiger charge is 2.12. The predicted octanol–water partition coefficient (Wildman–Crippen LogP) is 1.91. The number of nitro groups is 1. The fourth-order valence-electron chi connectivity index (χ4n) is 4.20. The maximum atomic E-state index is 10.6. The molecule has 16 heteroatoms. The summed E-state index contributed by atoms with van der Waals surface area (Å²) in [5.74, 6) is 0.557. The highest BCUT2D eigenvalue weighted by Crippen LogP contribution is 2.17. The van der Waals surface area contributed by atoms with E-state index in [2.05, 4.69) is 5.32 Å². The lowest BCUT2D eigenvalue weighted by atomic mass is 10.1. The molecule has 284 valence electrons. The van der Waals surface area contributed by atoms with Gasteiger partial charge in [0, 0.05) is 12.1 Å². The zero-order chi connectivity index (χ0) is 34.7. The molecule has 1 aliphatic rings. The van der Waals surface area contributed by atoms with Crippen molar-refractivity contribution in [1.82, 2.24) is 5.32 Å². The molecule has 1 heterocycles. The molecule has 49 heavy (non-hydrogen) atoms. The van der Waals surface area contributed by atoms with E-state index < -0.39 is 4.92 Å². The molecular formula is C33H58N2O14. The first-order chi connectivity index (χ1) is 24.3. The Hall–Kier alpha value is -2.06. The Balaban J connectivity index is 1.14. The summed E-state index contributed by atoms with van der Waals surface area (Å²) in [7, 11) is 0. The van der Waals surface area contributed by atoms with Crippen LogP contribution in [0.2, 0.25) is 0 Å². The molecule has 1 aromatic carbocycles. The van der Waals surface area contributed by atoms with E-state index in [1.807, 2.05) is 0 Å². The van der Waals surface area contributed by atoms with E-state index in [9.17, 15) is 10.1 Å². The number of benzene rings is 1.